The third-order valence-corrected chi connectivity index (χ3v) is 5.50. The third kappa shape index (κ3) is 3.23. The summed E-state index contributed by atoms with van der Waals surface area (Å²) in [7, 11) is 1.37. The Bertz CT molecular complexity index is 1030. The average Bonchev–Trinajstić information content (AvgIpc) is 3.23. The Kier molecular flexibility index (Phi) is 4.70. The normalized spacial score (nSPS) is 16.9. The second-order valence-electron chi connectivity index (χ2n) is 6.48. The molecule has 0 spiro atoms. The molecule has 1 unspecified atom stereocenters. The highest BCUT2D eigenvalue weighted by molar-refractivity contribution is 9.10. The molecule has 3 aromatic rings. The first kappa shape index (κ1) is 17.7. The van der Waals surface area contributed by atoms with Crippen LogP contribution in [-0.4, -0.2) is 35.1 Å². The van der Waals surface area contributed by atoms with Gasteiger partial charge < -0.3 is 14.2 Å². The van der Waals surface area contributed by atoms with E-state index in [0.29, 0.717) is 13.0 Å². The van der Waals surface area contributed by atoms with Crippen molar-refractivity contribution in [3.63, 3.8) is 0 Å². The number of rotatable bonds is 4. The third-order valence-electron chi connectivity index (χ3n) is 4.83. The largest absolute Gasteiger partial charge is 0.468 e. The lowest BCUT2D eigenvalue weighted by molar-refractivity contribution is -0.141. The number of para-hydroxylation sites is 3. The first-order valence-electron chi connectivity index (χ1n) is 8.65. The number of ether oxygens (including phenoxy) is 1. The van der Waals surface area contributed by atoms with Crippen molar-refractivity contribution in [2.24, 2.45) is 0 Å². The molecule has 0 N–H and O–H groups in total. The number of nitrogens with zero attached hydrogens (tertiary/aromatic N) is 3. The molecule has 0 saturated carbocycles. The molecule has 2 aromatic carbocycles. The highest BCUT2D eigenvalue weighted by Gasteiger charge is 2.35. The zero-order valence-corrected chi connectivity index (χ0v) is 16.3. The molecular formula is C20H18BrN3O3. The number of halogens is 1. The summed E-state index contributed by atoms with van der Waals surface area (Å²) in [5.41, 5.74) is 2.52. The number of imidazole rings is 1. The topological polar surface area (TPSA) is 64.4 Å². The second-order valence-corrected chi connectivity index (χ2v) is 7.33. The van der Waals surface area contributed by atoms with E-state index in [1.165, 1.54) is 7.11 Å². The van der Waals surface area contributed by atoms with Gasteiger partial charge in [0, 0.05) is 23.4 Å². The number of amides is 1. The number of fused-ring (bicyclic) bond motifs is 1. The zero-order valence-electron chi connectivity index (χ0n) is 14.8. The number of esters is 1. The number of methoxy groups -OCH3 is 1. The van der Waals surface area contributed by atoms with Gasteiger partial charge in [-0.05, 0) is 40.2 Å². The van der Waals surface area contributed by atoms with Crippen molar-refractivity contribution in [2.75, 3.05) is 18.6 Å². The van der Waals surface area contributed by atoms with Crippen LogP contribution in [0.3, 0.4) is 0 Å². The fourth-order valence-electron chi connectivity index (χ4n) is 3.55. The molecule has 0 aliphatic carbocycles. The van der Waals surface area contributed by atoms with Gasteiger partial charge in [-0.3, -0.25) is 9.59 Å². The maximum atomic E-state index is 12.7. The summed E-state index contributed by atoms with van der Waals surface area (Å²) < 4.78 is 7.59. The Labute approximate surface area is 164 Å². The molecule has 1 atom stereocenters. The number of aromatic nitrogens is 2. The van der Waals surface area contributed by atoms with E-state index < -0.39 is 0 Å². The minimum absolute atomic E-state index is 0.0450. The van der Waals surface area contributed by atoms with Crippen molar-refractivity contribution >= 4 is 44.5 Å². The molecule has 27 heavy (non-hydrogen) atoms. The SMILES string of the molecule is COC(=O)Cn1c(C2CC(=O)N(c3ccccc3Br)C2)nc2ccccc21. The predicted octanol–water partition coefficient (Wildman–Crippen LogP) is 3.49. The van der Waals surface area contributed by atoms with Crippen LogP contribution in [0, 0.1) is 0 Å². The van der Waals surface area contributed by atoms with Gasteiger partial charge in [0.25, 0.3) is 0 Å². The number of hydrogen-bond acceptors (Lipinski definition) is 4. The van der Waals surface area contributed by atoms with Crippen LogP contribution in [0.15, 0.2) is 53.0 Å². The zero-order chi connectivity index (χ0) is 19.0. The summed E-state index contributed by atoms with van der Waals surface area (Å²) in [5, 5.41) is 0. The van der Waals surface area contributed by atoms with Crippen LogP contribution >= 0.6 is 15.9 Å². The summed E-state index contributed by atoms with van der Waals surface area (Å²) >= 11 is 3.52. The molecule has 138 valence electrons. The summed E-state index contributed by atoms with van der Waals surface area (Å²) in [5.74, 6) is 0.348. The minimum atomic E-state index is -0.341. The molecule has 7 heteroatoms. The van der Waals surface area contributed by atoms with Gasteiger partial charge in [-0.25, -0.2) is 4.98 Å². The standard InChI is InChI=1S/C20H18BrN3O3/c1-27-19(26)12-24-17-9-5-3-7-15(17)22-20(24)13-10-18(25)23(11-13)16-8-4-2-6-14(16)21/h2-9,13H,10-12H2,1H3. The van der Waals surface area contributed by atoms with Crippen LogP contribution in [0.2, 0.25) is 0 Å². The first-order chi connectivity index (χ1) is 13.1. The summed E-state index contributed by atoms with van der Waals surface area (Å²) in [6.45, 7) is 0.595. The lowest BCUT2D eigenvalue weighted by Crippen LogP contribution is -2.25. The van der Waals surface area contributed by atoms with E-state index in [-0.39, 0.29) is 24.3 Å². The molecule has 1 saturated heterocycles. The minimum Gasteiger partial charge on any atom is -0.468 e. The Balaban J connectivity index is 1.72. The molecule has 1 fully saturated rings. The van der Waals surface area contributed by atoms with E-state index >= 15 is 0 Å². The molecule has 4 rings (SSSR count). The van der Waals surface area contributed by atoms with E-state index in [1.807, 2.05) is 53.1 Å². The van der Waals surface area contributed by atoms with Gasteiger partial charge >= 0.3 is 5.97 Å². The summed E-state index contributed by atoms with van der Waals surface area (Å²) in [6.07, 6.45) is 0.353. The first-order valence-corrected chi connectivity index (χ1v) is 9.44. The Morgan fingerprint density at radius 3 is 2.74 bits per heavy atom. The van der Waals surface area contributed by atoms with Crippen molar-refractivity contribution in [2.45, 2.75) is 18.9 Å². The van der Waals surface area contributed by atoms with Gasteiger partial charge in [0.15, 0.2) is 0 Å². The molecule has 0 radical (unpaired) electrons. The van der Waals surface area contributed by atoms with Crippen LogP contribution in [0.1, 0.15) is 18.2 Å². The molecule has 0 bridgehead atoms. The fraction of sp³-hybridized carbons (Fsp3) is 0.250. The fourth-order valence-corrected chi connectivity index (χ4v) is 4.05. The average molecular weight is 428 g/mol. The van der Waals surface area contributed by atoms with E-state index in [2.05, 4.69) is 15.9 Å². The van der Waals surface area contributed by atoms with Gasteiger partial charge in [0.2, 0.25) is 5.91 Å². The number of anilines is 1. The van der Waals surface area contributed by atoms with Gasteiger partial charge in [-0.15, -0.1) is 0 Å². The van der Waals surface area contributed by atoms with Crippen molar-refractivity contribution in [3.8, 4) is 0 Å². The molecule has 1 aliphatic heterocycles. The molecule has 2 heterocycles. The molecular weight excluding hydrogens is 410 g/mol. The lowest BCUT2D eigenvalue weighted by Gasteiger charge is -2.18. The van der Waals surface area contributed by atoms with E-state index in [0.717, 1.165) is 27.0 Å². The van der Waals surface area contributed by atoms with Crippen LogP contribution < -0.4 is 4.90 Å². The summed E-state index contributed by atoms with van der Waals surface area (Å²) in [6, 6.07) is 15.3. The van der Waals surface area contributed by atoms with E-state index in [9.17, 15) is 9.59 Å². The maximum absolute atomic E-state index is 12.7. The van der Waals surface area contributed by atoms with Crippen LogP contribution in [0.5, 0.6) is 0 Å². The predicted molar refractivity (Wildman–Crippen MR) is 106 cm³/mol. The van der Waals surface area contributed by atoms with Gasteiger partial charge in [-0.1, -0.05) is 24.3 Å². The van der Waals surface area contributed by atoms with Crippen molar-refractivity contribution in [1.82, 2.24) is 9.55 Å². The smallest absolute Gasteiger partial charge is 0.325 e. The van der Waals surface area contributed by atoms with E-state index in [1.54, 1.807) is 4.90 Å². The van der Waals surface area contributed by atoms with Crippen LogP contribution in [0.4, 0.5) is 5.69 Å². The van der Waals surface area contributed by atoms with Crippen LogP contribution in [0.25, 0.3) is 11.0 Å². The maximum Gasteiger partial charge on any atom is 0.325 e. The highest BCUT2D eigenvalue weighted by Crippen LogP contribution is 2.36. The molecule has 1 amide bonds. The Morgan fingerprint density at radius 1 is 1.22 bits per heavy atom. The molecule has 1 aliphatic rings. The van der Waals surface area contributed by atoms with Crippen molar-refractivity contribution < 1.29 is 14.3 Å². The van der Waals surface area contributed by atoms with Crippen molar-refractivity contribution in [1.29, 1.82) is 0 Å². The molecule has 1 aromatic heterocycles. The Hall–Kier alpha value is -2.67. The monoisotopic (exact) mass is 427 g/mol. The number of benzene rings is 2. The van der Waals surface area contributed by atoms with Gasteiger partial charge in [0.05, 0.1) is 23.8 Å². The summed E-state index contributed by atoms with van der Waals surface area (Å²) in [4.78, 5) is 31.1. The van der Waals surface area contributed by atoms with Crippen LogP contribution in [-0.2, 0) is 20.9 Å². The quantitative estimate of drug-likeness (QED) is 0.597. The molecule has 6 nitrogen and oxygen atoms in total. The van der Waals surface area contributed by atoms with Gasteiger partial charge in [0.1, 0.15) is 12.4 Å². The number of hydrogen-bond donors (Lipinski definition) is 0. The van der Waals surface area contributed by atoms with E-state index in [4.69, 9.17) is 9.72 Å². The number of carbonyl (C=O) groups excluding carboxylic acids is 2. The Morgan fingerprint density at radius 2 is 1.96 bits per heavy atom. The second kappa shape index (κ2) is 7.15. The van der Waals surface area contributed by atoms with Crippen molar-refractivity contribution in [3.05, 3.63) is 58.8 Å². The highest BCUT2D eigenvalue weighted by atomic mass is 79.9. The number of carbonyl (C=O) groups is 2. The van der Waals surface area contributed by atoms with Gasteiger partial charge in [-0.2, -0.15) is 0 Å². The lowest BCUT2D eigenvalue weighted by atomic mass is 10.1.